The molecule has 0 aliphatic rings. The van der Waals surface area contributed by atoms with E-state index in [1.165, 1.54) is 5.56 Å². The molecule has 0 saturated carbocycles. The lowest BCUT2D eigenvalue weighted by molar-refractivity contribution is -0.135. The zero-order valence-electron chi connectivity index (χ0n) is 11.9. The van der Waals surface area contributed by atoms with Gasteiger partial charge in [-0.1, -0.05) is 37.3 Å². The number of hydrogen-bond acceptors (Lipinski definition) is 3. The maximum absolute atomic E-state index is 12.3. The molecule has 0 radical (unpaired) electrons. The first-order valence-electron chi connectivity index (χ1n) is 6.84. The van der Waals surface area contributed by atoms with Gasteiger partial charge in [-0.15, -0.1) is 0 Å². The predicted octanol–water partition coefficient (Wildman–Crippen LogP) is 1.000. The van der Waals surface area contributed by atoms with Crippen LogP contribution in [0.2, 0.25) is 0 Å². The van der Waals surface area contributed by atoms with Gasteiger partial charge < -0.3 is 16.4 Å². The summed E-state index contributed by atoms with van der Waals surface area (Å²) in [6, 6.07) is 10.0. The van der Waals surface area contributed by atoms with Crippen molar-refractivity contribution in [3.8, 4) is 0 Å². The molecule has 0 saturated heterocycles. The minimum absolute atomic E-state index is 0.0939. The summed E-state index contributed by atoms with van der Waals surface area (Å²) in [4.78, 5) is 14.1. The molecule has 1 aromatic carbocycles. The molecule has 4 nitrogen and oxygen atoms in total. The van der Waals surface area contributed by atoms with Crippen LogP contribution < -0.4 is 11.5 Å². The van der Waals surface area contributed by atoms with Crippen LogP contribution in [0.5, 0.6) is 0 Å². The second kappa shape index (κ2) is 7.92. The fraction of sp³-hybridized carbons (Fsp3) is 0.533. The number of nitrogens with two attached hydrogens (primary N) is 2. The predicted molar refractivity (Wildman–Crippen MR) is 78.6 cm³/mol. The first-order valence-corrected chi connectivity index (χ1v) is 6.84. The van der Waals surface area contributed by atoms with Crippen LogP contribution >= 0.6 is 0 Å². The van der Waals surface area contributed by atoms with Gasteiger partial charge in [0.05, 0.1) is 5.92 Å². The van der Waals surface area contributed by atoms with Crippen LogP contribution in [-0.4, -0.2) is 36.5 Å². The van der Waals surface area contributed by atoms with Crippen molar-refractivity contribution in [2.24, 2.45) is 17.4 Å². The molecular formula is C15H25N3O. The molecule has 1 aromatic rings. The van der Waals surface area contributed by atoms with Crippen LogP contribution in [0.4, 0.5) is 0 Å². The maximum atomic E-state index is 12.3. The van der Waals surface area contributed by atoms with Gasteiger partial charge in [0.1, 0.15) is 0 Å². The fourth-order valence-corrected chi connectivity index (χ4v) is 1.91. The zero-order valence-corrected chi connectivity index (χ0v) is 11.9. The summed E-state index contributed by atoms with van der Waals surface area (Å²) in [7, 11) is 0. The highest BCUT2D eigenvalue weighted by atomic mass is 16.2. The van der Waals surface area contributed by atoms with Crippen LogP contribution in [0.25, 0.3) is 0 Å². The Morgan fingerprint density at radius 2 is 1.84 bits per heavy atom. The van der Waals surface area contributed by atoms with Crippen LogP contribution in [-0.2, 0) is 11.2 Å². The highest BCUT2D eigenvalue weighted by Crippen LogP contribution is 2.08. The molecule has 0 spiro atoms. The van der Waals surface area contributed by atoms with Crippen molar-refractivity contribution < 1.29 is 4.79 Å². The molecule has 0 fully saturated rings. The number of nitrogens with zero attached hydrogens (tertiary/aromatic N) is 1. The average Bonchev–Trinajstić information content (AvgIpc) is 2.42. The standard InChI is InChI=1S/C15H25N3O/c1-12(13(2)17)15(19)18(11-9-16)10-8-14-6-4-3-5-7-14/h3-7,12-13H,8-11,16-17H2,1-2H3. The molecule has 1 rings (SSSR count). The van der Waals surface area contributed by atoms with Crippen molar-refractivity contribution in [2.75, 3.05) is 19.6 Å². The summed E-state index contributed by atoms with van der Waals surface area (Å²) in [6.07, 6.45) is 0.845. The molecule has 0 aromatic heterocycles. The Hall–Kier alpha value is -1.39. The molecule has 19 heavy (non-hydrogen) atoms. The monoisotopic (exact) mass is 263 g/mol. The van der Waals surface area contributed by atoms with Crippen LogP contribution in [0.1, 0.15) is 19.4 Å². The van der Waals surface area contributed by atoms with Crippen molar-refractivity contribution in [3.05, 3.63) is 35.9 Å². The molecule has 1 amide bonds. The lowest BCUT2D eigenvalue weighted by atomic mass is 10.0. The van der Waals surface area contributed by atoms with E-state index in [2.05, 4.69) is 12.1 Å². The molecular weight excluding hydrogens is 238 g/mol. The Morgan fingerprint density at radius 1 is 1.21 bits per heavy atom. The van der Waals surface area contributed by atoms with Crippen LogP contribution in [0, 0.1) is 5.92 Å². The van der Waals surface area contributed by atoms with Crippen molar-refractivity contribution in [1.82, 2.24) is 4.90 Å². The minimum Gasteiger partial charge on any atom is -0.341 e. The van der Waals surface area contributed by atoms with Gasteiger partial charge in [-0.05, 0) is 18.9 Å². The Bertz CT molecular complexity index is 378. The van der Waals surface area contributed by atoms with E-state index in [9.17, 15) is 4.79 Å². The van der Waals surface area contributed by atoms with Gasteiger partial charge in [0.15, 0.2) is 0 Å². The van der Waals surface area contributed by atoms with Gasteiger partial charge in [0.25, 0.3) is 0 Å². The Balaban J connectivity index is 2.60. The summed E-state index contributed by atoms with van der Waals surface area (Å²) in [6.45, 7) is 5.49. The van der Waals surface area contributed by atoms with Gasteiger partial charge in [-0.2, -0.15) is 0 Å². The van der Waals surface area contributed by atoms with E-state index in [4.69, 9.17) is 11.5 Å². The first-order chi connectivity index (χ1) is 9.06. The van der Waals surface area contributed by atoms with Crippen molar-refractivity contribution in [3.63, 3.8) is 0 Å². The average molecular weight is 263 g/mol. The summed E-state index contributed by atoms with van der Waals surface area (Å²) in [5, 5.41) is 0. The minimum atomic E-state index is -0.165. The Morgan fingerprint density at radius 3 is 2.37 bits per heavy atom. The molecule has 0 aliphatic carbocycles. The number of hydrogen-bond donors (Lipinski definition) is 2. The SMILES string of the molecule is CC(N)C(C)C(=O)N(CCN)CCc1ccccc1. The third-order valence-electron chi connectivity index (χ3n) is 3.40. The van der Waals surface area contributed by atoms with E-state index in [-0.39, 0.29) is 17.9 Å². The Labute approximate surface area is 115 Å². The van der Waals surface area contributed by atoms with E-state index in [1.807, 2.05) is 36.9 Å². The lowest BCUT2D eigenvalue weighted by Gasteiger charge is -2.27. The maximum Gasteiger partial charge on any atom is 0.227 e. The molecule has 4 heteroatoms. The third kappa shape index (κ3) is 5.01. The number of amides is 1. The quantitative estimate of drug-likeness (QED) is 0.771. The van der Waals surface area contributed by atoms with E-state index in [0.717, 1.165) is 6.42 Å². The van der Waals surface area contributed by atoms with E-state index < -0.39 is 0 Å². The van der Waals surface area contributed by atoms with Gasteiger partial charge in [0, 0.05) is 25.7 Å². The van der Waals surface area contributed by atoms with Gasteiger partial charge in [0.2, 0.25) is 5.91 Å². The van der Waals surface area contributed by atoms with E-state index in [0.29, 0.717) is 19.6 Å². The molecule has 106 valence electrons. The van der Waals surface area contributed by atoms with Crippen molar-refractivity contribution >= 4 is 5.91 Å². The van der Waals surface area contributed by atoms with Crippen molar-refractivity contribution in [1.29, 1.82) is 0 Å². The van der Waals surface area contributed by atoms with Gasteiger partial charge in [-0.25, -0.2) is 0 Å². The van der Waals surface area contributed by atoms with Gasteiger partial charge >= 0.3 is 0 Å². The normalized spacial score (nSPS) is 13.9. The fourth-order valence-electron chi connectivity index (χ4n) is 1.91. The second-order valence-electron chi connectivity index (χ2n) is 5.00. The Kier molecular flexibility index (Phi) is 6.53. The second-order valence-corrected chi connectivity index (χ2v) is 5.00. The lowest BCUT2D eigenvalue weighted by Crippen LogP contribution is -2.44. The number of carbonyl (C=O) groups is 1. The molecule has 0 bridgehead atoms. The van der Waals surface area contributed by atoms with E-state index in [1.54, 1.807) is 0 Å². The van der Waals surface area contributed by atoms with Crippen LogP contribution in [0.15, 0.2) is 30.3 Å². The molecule has 2 unspecified atom stereocenters. The zero-order chi connectivity index (χ0) is 14.3. The smallest absolute Gasteiger partial charge is 0.227 e. The van der Waals surface area contributed by atoms with Crippen molar-refractivity contribution in [2.45, 2.75) is 26.3 Å². The first kappa shape index (κ1) is 15.7. The summed E-state index contributed by atoms with van der Waals surface area (Å²) in [5.41, 5.74) is 12.6. The topological polar surface area (TPSA) is 72.4 Å². The summed E-state index contributed by atoms with van der Waals surface area (Å²) in [5.74, 6) is -0.0706. The third-order valence-corrected chi connectivity index (χ3v) is 3.40. The largest absolute Gasteiger partial charge is 0.341 e. The molecule has 0 aliphatic heterocycles. The summed E-state index contributed by atoms with van der Waals surface area (Å²) < 4.78 is 0. The van der Waals surface area contributed by atoms with Gasteiger partial charge in [-0.3, -0.25) is 4.79 Å². The van der Waals surface area contributed by atoms with Crippen LogP contribution in [0.3, 0.4) is 0 Å². The number of benzene rings is 1. The highest BCUT2D eigenvalue weighted by Gasteiger charge is 2.22. The van der Waals surface area contributed by atoms with E-state index >= 15 is 0 Å². The molecule has 2 atom stereocenters. The number of rotatable bonds is 7. The molecule has 4 N–H and O–H groups in total. The molecule has 0 heterocycles. The number of carbonyl (C=O) groups excluding carboxylic acids is 1. The summed E-state index contributed by atoms with van der Waals surface area (Å²) >= 11 is 0. The highest BCUT2D eigenvalue weighted by molar-refractivity contribution is 5.79.